The Balaban J connectivity index is 1.87. The lowest BCUT2D eigenvalue weighted by Crippen LogP contribution is -2.12. The third-order valence-corrected chi connectivity index (χ3v) is 4.03. The lowest BCUT2D eigenvalue weighted by atomic mass is 10.2. The predicted octanol–water partition coefficient (Wildman–Crippen LogP) is 3.73. The van der Waals surface area contributed by atoms with Gasteiger partial charge in [-0.1, -0.05) is 6.07 Å². The van der Waals surface area contributed by atoms with Crippen molar-refractivity contribution in [1.29, 1.82) is 0 Å². The number of rotatable bonds is 7. The van der Waals surface area contributed by atoms with Gasteiger partial charge in [0.25, 0.3) is 0 Å². The fraction of sp³-hybridized carbons (Fsp3) is 0.312. The van der Waals surface area contributed by atoms with Crippen molar-refractivity contribution in [3.05, 3.63) is 40.6 Å². The second-order valence-electron chi connectivity index (χ2n) is 4.55. The minimum atomic E-state index is -0.00461. The zero-order valence-corrected chi connectivity index (χ0v) is 13.0. The lowest BCUT2D eigenvalue weighted by Gasteiger charge is -2.11. The Bertz CT molecular complexity index is 581. The summed E-state index contributed by atoms with van der Waals surface area (Å²) >= 11 is 1.72. The molecule has 1 aromatic carbocycles. The van der Waals surface area contributed by atoms with Gasteiger partial charge in [-0.2, -0.15) is 0 Å². The van der Waals surface area contributed by atoms with Gasteiger partial charge in [-0.15, -0.1) is 11.3 Å². The van der Waals surface area contributed by atoms with Gasteiger partial charge in [0.15, 0.2) is 0 Å². The molecule has 1 N–H and O–H groups in total. The third-order valence-electron chi connectivity index (χ3n) is 3.09. The van der Waals surface area contributed by atoms with Gasteiger partial charge in [-0.25, -0.2) is 0 Å². The Kier molecular flexibility index (Phi) is 5.63. The van der Waals surface area contributed by atoms with E-state index in [0.717, 1.165) is 12.8 Å². The van der Waals surface area contributed by atoms with Crippen molar-refractivity contribution in [2.75, 3.05) is 19.5 Å². The van der Waals surface area contributed by atoms with E-state index in [1.165, 1.54) is 4.88 Å². The Morgan fingerprint density at radius 1 is 1.24 bits per heavy atom. The molecule has 0 saturated heterocycles. The molecule has 1 aromatic heterocycles. The zero-order chi connectivity index (χ0) is 15.1. The van der Waals surface area contributed by atoms with E-state index in [1.807, 2.05) is 6.07 Å². The Morgan fingerprint density at radius 2 is 2.10 bits per heavy atom. The number of hydrogen-bond donors (Lipinski definition) is 1. The van der Waals surface area contributed by atoms with Crippen molar-refractivity contribution in [1.82, 2.24) is 0 Å². The molecule has 0 spiro atoms. The second kappa shape index (κ2) is 7.69. The molecule has 0 bridgehead atoms. The van der Waals surface area contributed by atoms with Crippen LogP contribution in [0.2, 0.25) is 0 Å². The number of carbonyl (C=O) groups is 1. The summed E-state index contributed by atoms with van der Waals surface area (Å²) < 4.78 is 10.4. The van der Waals surface area contributed by atoms with Crippen LogP contribution in [0.5, 0.6) is 11.5 Å². The van der Waals surface area contributed by atoms with E-state index in [2.05, 4.69) is 16.8 Å². The van der Waals surface area contributed by atoms with E-state index in [4.69, 9.17) is 9.47 Å². The van der Waals surface area contributed by atoms with E-state index in [9.17, 15) is 4.79 Å². The van der Waals surface area contributed by atoms with E-state index < -0.39 is 0 Å². The van der Waals surface area contributed by atoms with Gasteiger partial charge in [0.05, 0.1) is 19.9 Å². The summed E-state index contributed by atoms with van der Waals surface area (Å²) in [7, 11) is 3.17. The molecule has 21 heavy (non-hydrogen) atoms. The molecule has 4 nitrogen and oxygen atoms in total. The number of benzene rings is 1. The molecule has 2 rings (SSSR count). The molecular formula is C16H19NO3S. The molecule has 0 aliphatic heterocycles. The first kappa shape index (κ1) is 15.4. The number of anilines is 1. The lowest BCUT2D eigenvalue weighted by molar-refractivity contribution is -0.116. The number of hydrogen-bond acceptors (Lipinski definition) is 4. The van der Waals surface area contributed by atoms with Crippen molar-refractivity contribution in [2.24, 2.45) is 0 Å². The van der Waals surface area contributed by atoms with Crippen LogP contribution in [0.25, 0.3) is 0 Å². The van der Waals surface area contributed by atoms with Crippen LogP contribution in [0.15, 0.2) is 35.7 Å². The van der Waals surface area contributed by atoms with Crippen molar-refractivity contribution < 1.29 is 14.3 Å². The molecule has 0 unspecified atom stereocenters. The normalized spacial score (nSPS) is 10.2. The quantitative estimate of drug-likeness (QED) is 0.848. The van der Waals surface area contributed by atoms with Gasteiger partial charge in [0, 0.05) is 17.4 Å². The molecule has 0 aliphatic carbocycles. The first-order valence-electron chi connectivity index (χ1n) is 6.77. The molecule has 1 amide bonds. The van der Waals surface area contributed by atoms with Gasteiger partial charge >= 0.3 is 0 Å². The van der Waals surface area contributed by atoms with Crippen LogP contribution >= 0.6 is 11.3 Å². The third kappa shape index (κ3) is 4.49. The summed E-state index contributed by atoms with van der Waals surface area (Å²) in [6.45, 7) is 0. The van der Waals surface area contributed by atoms with E-state index >= 15 is 0 Å². The molecule has 1 heterocycles. The SMILES string of the molecule is COc1ccc(NC(=O)CCCc2cccs2)c(OC)c1. The van der Waals surface area contributed by atoms with E-state index in [0.29, 0.717) is 23.6 Å². The maximum atomic E-state index is 12.0. The molecule has 0 fully saturated rings. The smallest absolute Gasteiger partial charge is 0.224 e. The number of methoxy groups -OCH3 is 2. The predicted molar refractivity (Wildman–Crippen MR) is 85.4 cm³/mol. The fourth-order valence-corrected chi connectivity index (χ4v) is 2.74. The van der Waals surface area contributed by atoms with Crippen LogP contribution in [0.4, 0.5) is 5.69 Å². The van der Waals surface area contributed by atoms with E-state index in [1.54, 1.807) is 43.8 Å². The number of aryl methyl sites for hydroxylation is 1. The summed E-state index contributed by atoms with van der Waals surface area (Å²) in [6, 6.07) is 9.46. The average Bonchev–Trinajstić information content (AvgIpc) is 3.01. The van der Waals surface area contributed by atoms with Crippen LogP contribution in [-0.2, 0) is 11.2 Å². The molecular weight excluding hydrogens is 286 g/mol. The number of ether oxygens (including phenoxy) is 2. The van der Waals surface area contributed by atoms with Gasteiger partial charge in [-0.05, 0) is 36.4 Å². The van der Waals surface area contributed by atoms with Gasteiger partial charge in [0.2, 0.25) is 5.91 Å². The van der Waals surface area contributed by atoms with E-state index in [-0.39, 0.29) is 5.91 Å². The molecule has 0 radical (unpaired) electrons. The highest BCUT2D eigenvalue weighted by Gasteiger charge is 2.09. The van der Waals surface area contributed by atoms with Crippen molar-refractivity contribution in [3.8, 4) is 11.5 Å². The van der Waals surface area contributed by atoms with Crippen LogP contribution in [0.1, 0.15) is 17.7 Å². The topological polar surface area (TPSA) is 47.6 Å². The zero-order valence-electron chi connectivity index (χ0n) is 12.2. The number of amides is 1. The summed E-state index contributed by atoms with van der Waals surface area (Å²) in [6.07, 6.45) is 2.27. The van der Waals surface area contributed by atoms with Crippen LogP contribution < -0.4 is 14.8 Å². The maximum Gasteiger partial charge on any atom is 0.224 e. The highest BCUT2D eigenvalue weighted by atomic mass is 32.1. The van der Waals surface area contributed by atoms with Crippen LogP contribution in [0, 0.1) is 0 Å². The minimum absolute atomic E-state index is 0.00461. The average molecular weight is 305 g/mol. The molecule has 0 atom stereocenters. The molecule has 0 saturated carbocycles. The Morgan fingerprint density at radius 3 is 2.76 bits per heavy atom. The molecule has 2 aromatic rings. The highest BCUT2D eigenvalue weighted by molar-refractivity contribution is 7.09. The first-order valence-corrected chi connectivity index (χ1v) is 7.65. The number of thiophene rings is 1. The van der Waals surface area contributed by atoms with Crippen LogP contribution in [-0.4, -0.2) is 20.1 Å². The molecule has 5 heteroatoms. The Hall–Kier alpha value is -2.01. The largest absolute Gasteiger partial charge is 0.497 e. The monoisotopic (exact) mass is 305 g/mol. The first-order chi connectivity index (χ1) is 10.2. The summed E-state index contributed by atoms with van der Waals surface area (Å²) in [5, 5.41) is 4.93. The number of carbonyl (C=O) groups excluding carboxylic acids is 1. The summed E-state index contributed by atoms with van der Waals surface area (Å²) in [5.41, 5.74) is 0.666. The van der Waals surface area contributed by atoms with Gasteiger partial charge < -0.3 is 14.8 Å². The second-order valence-corrected chi connectivity index (χ2v) is 5.58. The number of nitrogens with one attached hydrogen (secondary N) is 1. The highest BCUT2D eigenvalue weighted by Crippen LogP contribution is 2.29. The molecule has 112 valence electrons. The fourth-order valence-electron chi connectivity index (χ4n) is 1.99. The van der Waals surface area contributed by atoms with Crippen molar-refractivity contribution >= 4 is 22.9 Å². The standard InChI is InChI=1S/C16H19NO3S/c1-19-12-8-9-14(15(11-12)20-2)17-16(18)7-3-5-13-6-4-10-21-13/h4,6,8-11H,3,5,7H2,1-2H3,(H,17,18). The van der Waals surface area contributed by atoms with Crippen LogP contribution in [0.3, 0.4) is 0 Å². The van der Waals surface area contributed by atoms with Crippen molar-refractivity contribution in [2.45, 2.75) is 19.3 Å². The Labute approximate surface area is 128 Å². The molecule has 0 aliphatic rings. The van der Waals surface area contributed by atoms with Gasteiger partial charge in [-0.3, -0.25) is 4.79 Å². The van der Waals surface area contributed by atoms with Gasteiger partial charge in [0.1, 0.15) is 11.5 Å². The van der Waals surface area contributed by atoms with Crippen molar-refractivity contribution in [3.63, 3.8) is 0 Å². The summed E-state index contributed by atoms with van der Waals surface area (Å²) in [4.78, 5) is 13.3. The maximum absolute atomic E-state index is 12.0. The summed E-state index contributed by atoms with van der Waals surface area (Å²) in [5.74, 6) is 1.29. The minimum Gasteiger partial charge on any atom is -0.497 e.